The van der Waals surface area contributed by atoms with Gasteiger partial charge in [0, 0.05) is 17.5 Å². The highest BCUT2D eigenvalue weighted by molar-refractivity contribution is 5.64. The summed E-state index contributed by atoms with van der Waals surface area (Å²) in [5, 5.41) is 0. The summed E-state index contributed by atoms with van der Waals surface area (Å²) >= 11 is 0. The lowest BCUT2D eigenvalue weighted by molar-refractivity contribution is 1.36. The van der Waals surface area contributed by atoms with Crippen LogP contribution in [0.15, 0.2) is 18.9 Å². The van der Waals surface area contributed by atoms with E-state index < -0.39 is 0 Å². The highest BCUT2D eigenvalue weighted by atomic mass is 14.7. The van der Waals surface area contributed by atoms with Gasteiger partial charge >= 0.3 is 0 Å². The molecule has 0 aliphatic rings. The highest BCUT2D eigenvalue weighted by Crippen LogP contribution is 2.15. The second kappa shape index (κ2) is 3.24. The summed E-state index contributed by atoms with van der Waals surface area (Å²) in [5.74, 6) is 0. The molecule has 0 bridgehead atoms. The summed E-state index contributed by atoms with van der Waals surface area (Å²) in [7, 11) is 0. The number of aryl methyl sites for hydroxylation is 1. The van der Waals surface area contributed by atoms with Crippen molar-refractivity contribution in [3.05, 3.63) is 35.7 Å². The van der Waals surface area contributed by atoms with Crippen molar-refractivity contribution in [2.75, 3.05) is 0 Å². The van der Waals surface area contributed by atoms with Crippen molar-refractivity contribution in [2.24, 2.45) is 0 Å². The van der Waals surface area contributed by atoms with Gasteiger partial charge in [0.15, 0.2) is 0 Å². The molecule has 0 radical (unpaired) electrons. The van der Waals surface area contributed by atoms with Crippen LogP contribution in [0.3, 0.4) is 0 Å². The molecule has 1 heteroatoms. The molecule has 0 unspecified atom stereocenters. The van der Waals surface area contributed by atoms with Gasteiger partial charge in [0.25, 0.3) is 0 Å². The normalized spacial score (nSPS) is 10.7. The van der Waals surface area contributed by atoms with E-state index in [1.54, 1.807) is 0 Å². The van der Waals surface area contributed by atoms with E-state index in [0.29, 0.717) is 0 Å². The van der Waals surface area contributed by atoms with Crippen LogP contribution < -0.4 is 0 Å². The quantitative estimate of drug-likeness (QED) is 0.661. The number of H-pyrrole nitrogens is 1. The Labute approximate surface area is 67.5 Å². The second-order valence-electron chi connectivity index (χ2n) is 2.50. The van der Waals surface area contributed by atoms with Crippen LogP contribution in [-0.2, 0) is 0 Å². The molecular weight excluding hydrogens is 134 g/mol. The first-order chi connectivity index (χ1) is 5.29. The maximum atomic E-state index is 3.75. The molecule has 1 heterocycles. The molecule has 0 saturated carbocycles. The van der Waals surface area contributed by atoms with Crippen LogP contribution in [0.2, 0.25) is 0 Å². The van der Waals surface area contributed by atoms with E-state index in [1.165, 1.54) is 11.1 Å². The molecule has 1 aromatic rings. The maximum Gasteiger partial charge on any atom is 0.0453 e. The zero-order chi connectivity index (χ0) is 8.27. The van der Waals surface area contributed by atoms with Crippen molar-refractivity contribution in [1.29, 1.82) is 0 Å². The Morgan fingerprint density at radius 1 is 1.55 bits per heavy atom. The van der Waals surface area contributed by atoms with Gasteiger partial charge in [-0.3, -0.25) is 0 Å². The SMILES string of the molecule is C=Cc1c(C)c[nH]c1/C=C\C. The van der Waals surface area contributed by atoms with E-state index in [2.05, 4.69) is 18.5 Å². The molecule has 1 nitrogen and oxygen atoms in total. The summed E-state index contributed by atoms with van der Waals surface area (Å²) in [6, 6.07) is 0. The molecule has 1 rings (SSSR count). The van der Waals surface area contributed by atoms with Crippen molar-refractivity contribution in [3.8, 4) is 0 Å². The Bertz CT molecular complexity index is 279. The van der Waals surface area contributed by atoms with E-state index >= 15 is 0 Å². The molecule has 0 aliphatic carbocycles. The van der Waals surface area contributed by atoms with Crippen molar-refractivity contribution < 1.29 is 0 Å². The van der Waals surface area contributed by atoms with Crippen molar-refractivity contribution in [2.45, 2.75) is 13.8 Å². The number of rotatable bonds is 2. The van der Waals surface area contributed by atoms with Gasteiger partial charge in [-0.2, -0.15) is 0 Å². The van der Waals surface area contributed by atoms with E-state index in [-0.39, 0.29) is 0 Å². The fourth-order valence-electron chi connectivity index (χ4n) is 1.13. The molecule has 0 spiro atoms. The first kappa shape index (κ1) is 7.86. The largest absolute Gasteiger partial charge is 0.361 e. The number of hydrogen-bond donors (Lipinski definition) is 1. The van der Waals surface area contributed by atoms with Crippen LogP contribution in [-0.4, -0.2) is 4.98 Å². The third-order valence-corrected chi connectivity index (χ3v) is 1.70. The number of aromatic amines is 1. The minimum atomic E-state index is 1.14. The average Bonchev–Trinajstić information content (AvgIpc) is 2.33. The van der Waals surface area contributed by atoms with Gasteiger partial charge in [-0.15, -0.1) is 0 Å². The summed E-state index contributed by atoms with van der Waals surface area (Å²) in [6.45, 7) is 7.83. The molecule has 1 aromatic heterocycles. The Hall–Kier alpha value is -1.24. The van der Waals surface area contributed by atoms with Gasteiger partial charge < -0.3 is 4.98 Å². The van der Waals surface area contributed by atoms with Gasteiger partial charge in [-0.05, 0) is 25.5 Å². The number of allylic oxidation sites excluding steroid dienone is 1. The number of hydrogen-bond acceptors (Lipinski definition) is 0. The Kier molecular flexibility index (Phi) is 2.32. The van der Waals surface area contributed by atoms with Gasteiger partial charge in [0.05, 0.1) is 0 Å². The zero-order valence-corrected chi connectivity index (χ0v) is 7.02. The lowest BCUT2D eigenvalue weighted by Gasteiger charge is -1.91. The van der Waals surface area contributed by atoms with E-state index in [9.17, 15) is 0 Å². The van der Waals surface area contributed by atoms with E-state index in [4.69, 9.17) is 0 Å². The van der Waals surface area contributed by atoms with E-state index in [0.717, 1.165) is 5.69 Å². The van der Waals surface area contributed by atoms with Crippen LogP contribution in [0.1, 0.15) is 23.7 Å². The lowest BCUT2D eigenvalue weighted by atomic mass is 10.1. The minimum Gasteiger partial charge on any atom is -0.361 e. The Morgan fingerprint density at radius 3 is 2.82 bits per heavy atom. The third kappa shape index (κ3) is 1.43. The predicted octanol–water partition coefficient (Wildman–Crippen LogP) is 3.00. The van der Waals surface area contributed by atoms with Gasteiger partial charge in [0.1, 0.15) is 0 Å². The molecule has 0 aliphatic heterocycles. The van der Waals surface area contributed by atoms with Gasteiger partial charge in [-0.25, -0.2) is 0 Å². The summed E-state index contributed by atoms with van der Waals surface area (Å²) in [6.07, 6.45) is 7.93. The first-order valence-corrected chi connectivity index (χ1v) is 3.72. The highest BCUT2D eigenvalue weighted by Gasteiger charge is 1.99. The average molecular weight is 147 g/mol. The van der Waals surface area contributed by atoms with Crippen molar-refractivity contribution >= 4 is 12.2 Å². The van der Waals surface area contributed by atoms with Crippen molar-refractivity contribution in [1.82, 2.24) is 4.98 Å². The fourth-order valence-corrected chi connectivity index (χ4v) is 1.13. The fraction of sp³-hybridized carbons (Fsp3) is 0.200. The molecule has 0 fully saturated rings. The third-order valence-electron chi connectivity index (χ3n) is 1.70. The summed E-state index contributed by atoms with van der Waals surface area (Å²) < 4.78 is 0. The summed E-state index contributed by atoms with van der Waals surface area (Å²) in [4.78, 5) is 3.17. The smallest absolute Gasteiger partial charge is 0.0453 e. The molecule has 11 heavy (non-hydrogen) atoms. The Balaban J connectivity index is 3.15. The van der Waals surface area contributed by atoms with Crippen molar-refractivity contribution in [3.63, 3.8) is 0 Å². The number of aromatic nitrogens is 1. The first-order valence-electron chi connectivity index (χ1n) is 3.72. The topological polar surface area (TPSA) is 15.8 Å². The minimum absolute atomic E-state index is 1.14. The summed E-state index contributed by atoms with van der Waals surface area (Å²) in [5.41, 5.74) is 3.58. The van der Waals surface area contributed by atoms with Crippen LogP contribution in [0.4, 0.5) is 0 Å². The zero-order valence-electron chi connectivity index (χ0n) is 7.02. The molecule has 0 saturated heterocycles. The second-order valence-corrected chi connectivity index (χ2v) is 2.50. The standard InChI is InChI=1S/C10H13N/c1-4-6-10-9(5-2)8(3)7-11-10/h4-7,11H,2H2,1,3H3/b6-4-. The molecule has 0 atom stereocenters. The molecule has 58 valence electrons. The molecular formula is C10H13N. The maximum absolute atomic E-state index is 3.75. The predicted molar refractivity (Wildman–Crippen MR) is 50.3 cm³/mol. The molecule has 0 aromatic carbocycles. The van der Waals surface area contributed by atoms with Crippen LogP contribution in [0.25, 0.3) is 12.2 Å². The monoisotopic (exact) mass is 147 g/mol. The molecule has 1 N–H and O–H groups in total. The van der Waals surface area contributed by atoms with Crippen LogP contribution >= 0.6 is 0 Å². The van der Waals surface area contributed by atoms with Crippen LogP contribution in [0.5, 0.6) is 0 Å². The van der Waals surface area contributed by atoms with Gasteiger partial charge in [0.2, 0.25) is 0 Å². The van der Waals surface area contributed by atoms with Gasteiger partial charge in [-0.1, -0.05) is 18.7 Å². The number of nitrogens with one attached hydrogen (secondary N) is 1. The molecule has 0 amide bonds. The Morgan fingerprint density at radius 2 is 2.27 bits per heavy atom. The van der Waals surface area contributed by atoms with Crippen LogP contribution in [0, 0.1) is 6.92 Å². The lowest BCUT2D eigenvalue weighted by Crippen LogP contribution is -1.75. The van der Waals surface area contributed by atoms with E-state index in [1.807, 2.05) is 31.3 Å².